The van der Waals surface area contributed by atoms with Gasteiger partial charge in [0.2, 0.25) is 0 Å². The maximum Gasteiger partial charge on any atom is 0.265 e. The van der Waals surface area contributed by atoms with Crippen LogP contribution in [0.3, 0.4) is 0 Å². The van der Waals surface area contributed by atoms with Crippen molar-refractivity contribution in [2.45, 2.75) is 215 Å². The van der Waals surface area contributed by atoms with Crippen molar-refractivity contribution in [2.75, 3.05) is 46.2 Å². The van der Waals surface area contributed by atoms with Crippen LogP contribution in [-0.4, -0.2) is 368 Å². The molecule has 21 aliphatic heterocycles. The third-order valence-corrected chi connectivity index (χ3v) is 15.5. The molecule has 39 heteroatoms. The zero-order valence-corrected chi connectivity index (χ0v) is 42.8. The van der Waals surface area contributed by atoms with E-state index in [1.165, 1.54) is 0 Å². The topological polar surface area (TPSA) is 603 Å². The number of ether oxygens (including phenoxy) is 14. The second kappa shape index (κ2) is 27.4. The number of aliphatic hydroxyl groups is 20. The summed E-state index contributed by atoms with van der Waals surface area (Å²) in [5, 5.41) is 221. The summed E-state index contributed by atoms with van der Waals surface area (Å²) in [6, 6.07) is 0. The summed E-state index contributed by atoms with van der Waals surface area (Å²) < 4.78 is 95.5. The van der Waals surface area contributed by atoms with Gasteiger partial charge >= 0.3 is 0 Å². The van der Waals surface area contributed by atoms with Gasteiger partial charge in [0.1, 0.15) is 171 Å². The molecule has 0 aliphatic carbocycles. The van der Waals surface area contributed by atoms with Gasteiger partial charge in [0.25, 0.3) is 7.82 Å². The molecule has 14 bridgehead atoms. The molecule has 21 rings (SSSR count). The minimum absolute atomic E-state index is 1.07. The van der Waals surface area contributed by atoms with Crippen LogP contribution in [0.2, 0.25) is 0 Å². The fourth-order valence-corrected chi connectivity index (χ4v) is 10.9. The summed E-state index contributed by atoms with van der Waals surface area (Å²) >= 11 is 0. The highest BCUT2D eigenvalue weighted by molar-refractivity contribution is 7.44. The maximum absolute atomic E-state index is 11.8. The van der Waals surface area contributed by atoms with Crippen LogP contribution in [0.5, 0.6) is 0 Å². The number of hydrogen-bond acceptors (Lipinski definition) is 37. The van der Waals surface area contributed by atoms with E-state index >= 15 is 0 Å². The van der Waals surface area contributed by atoms with Gasteiger partial charge in [-0.1, -0.05) is 0 Å². The number of aliphatic hydroxyl groups excluding tert-OH is 20. The maximum atomic E-state index is 11.8. The minimum atomic E-state index is -5.68. The van der Waals surface area contributed by atoms with E-state index in [9.17, 15) is 116 Å². The fraction of sp³-hybridized carbons (Fsp3) is 1.00. The lowest BCUT2D eigenvalue weighted by molar-refractivity contribution is -0.396. The van der Waals surface area contributed by atoms with Gasteiger partial charge in [-0.2, -0.15) is 0 Å². The molecule has 0 spiro atoms. The molecule has 21 saturated heterocycles. The summed E-state index contributed by atoms with van der Waals surface area (Å²) in [7, 11) is -5.68. The Morgan fingerprint density at radius 3 is 0.568 bits per heavy atom. The molecule has 21 heterocycles. The molecule has 0 aromatic heterocycles. The summed E-state index contributed by atoms with van der Waals surface area (Å²) in [6.45, 7) is -7.92. The molecule has 0 amide bonds. The highest BCUT2D eigenvalue weighted by Gasteiger charge is 2.59. The van der Waals surface area contributed by atoms with E-state index < -0.39 is 269 Å². The molecule has 21 N–H and O–H groups in total. The van der Waals surface area contributed by atoms with Crippen molar-refractivity contribution in [3.63, 3.8) is 0 Å². The van der Waals surface area contributed by atoms with E-state index in [0.717, 1.165) is 0 Å². The summed E-state index contributed by atoms with van der Waals surface area (Å²) in [4.78, 5) is 21.2. The Morgan fingerprint density at radius 2 is 0.420 bits per heavy atom. The van der Waals surface area contributed by atoms with Crippen molar-refractivity contribution >= 4 is 7.82 Å². The molecule has 1 unspecified atom stereocenters. The first-order chi connectivity index (χ1) is 38.3. The molecular formula is C42H70O38P-. The Balaban J connectivity index is 1.10. The molecule has 0 radical (unpaired) electrons. The Morgan fingerprint density at radius 1 is 0.272 bits per heavy atom. The molecule has 21 fully saturated rings. The van der Waals surface area contributed by atoms with Gasteiger partial charge in [0.15, 0.2) is 44.0 Å². The van der Waals surface area contributed by atoms with Crippen LogP contribution >= 0.6 is 7.82 Å². The number of phosphoric ester groups is 1. The van der Waals surface area contributed by atoms with E-state index in [1.54, 1.807) is 0 Å². The highest BCUT2D eigenvalue weighted by Crippen LogP contribution is 2.40. The largest absolute Gasteiger partial charge is 0.756 e. The molecule has 0 aromatic rings. The van der Waals surface area contributed by atoms with E-state index in [4.69, 9.17) is 66.3 Å². The lowest BCUT2D eigenvalue weighted by Crippen LogP contribution is -2.68. The first kappa shape index (κ1) is 65.7. The van der Waals surface area contributed by atoms with E-state index in [-0.39, 0.29) is 0 Å². The smallest absolute Gasteiger partial charge is 0.265 e. The second-order valence-corrected chi connectivity index (χ2v) is 21.4. The van der Waals surface area contributed by atoms with E-state index in [1.807, 2.05) is 0 Å². The molecule has 21 aliphatic rings. The molecule has 472 valence electrons. The van der Waals surface area contributed by atoms with Gasteiger partial charge in [-0.15, -0.1) is 0 Å². The molecule has 0 saturated carbocycles. The summed E-state index contributed by atoms with van der Waals surface area (Å²) in [6.07, 6.45) is -73.5. The molecule has 36 atom stereocenters. The molecule has 81 heavy (non-hydrogen) atoms. The van der Waals surface area contributed by atoms with Gasteiger partial charge in [-0.05, 0) is 0 Å². The lowest BCUT2D eigenvalue weighted by atomic mass is 9.95. The summed E-state index contributed by atoms with van der Waals surface area (Å²) in [5.41, 5.74) is 0. The predicted molar refractivity (Wildman–Crippen MR) is 237 cm³/mol. The van der Waals surface area contributed by atoms with Crippen LogP contribution in [-0.2, 0) is 75.4 Å². The average molecular weight is 1210 g/mol. The molecular weight excluding hydrogens is 1140 g/mol. The van der Waals surface area contributed by atoms with Crippen LogP contribution in [0.4, 0.5) is 0 Å². The van der Waals surface area contributed by atoms with Crippen LogP contribution < -0.4 is 4.89 Å². The van der Waals surface area contributed by atoms with Crippen LogP contribution in [0.1, 0.15) is 0 Å². The molecule has 0 aromatic carbocycles. The average Bonchev–Trinajstić information content (AvgIpc) is 3.48. The zero-order chi connectivity index (χ0) is 59.3. The minimum Gasteiger partial charge on any atom is -0.756 e. The van der Waals surface area contributed by atoms with Crippen LogP contribution in [0.25, 0.3) is 0 Å². The number of hydrogen-bond donors (Lipinski definition) is 21. The van der Waals surface area contributed by atoms with Crippen molar-refractivity contribution < 1.29 is 187 Å². The first-order valence-corrected chi connectivity index (χ1v) is 26.8. The van der Waals surface area contributed by atoms with Crippen molar-refractivity contribution in [1.29, 1.82) is 0 Å². The highest BCUT2D eigenvalue weighted by atomic mass is 31.2. The van der Waals surface area contributed by atoms with Crippen molar-refractivity contribution in [1.82, 2.24) is 0 Å². The van der Waals surface area contributed by atoms with Crippen molar-refractivity contribution in [3.05, 3.63) is 0 Å². The van der Waals surface area contributed by atoms with Crippen molar-refractivity contribution in [2.24, 2.45) is 0 Å². The Hall–Kier alpha value is -1.25. The predicted octanol–water partition coefficient (Wildman–Crippen LogP) is -15.7. The number of rotatable bonds is 9. The van der Waals surface area contributed by atoms with Gasteiger partial charge in [-0.3, -0.25) is 4.57 Å². The van der Waals surface area contributed by atoms with Crippen LogP contribution in [0, 0.1) is 0 Å². The monoisotopic (exact) mass is 1210 g/mol. The normalized spacial score (nSPS) is 54.0. The van der Waals surface area contributed by atoms with Gasteiger partial charge in [0.05, 0.1) is 46.2 Å². The summed E-state index contributed by atoms with van der Waals surface area (Å²) in [5.74, 6) is 0. The third-order valence-electron chi connectivity index (χ3n) is 15.0. The Kier molecular flexibility index (Phi) is 22.3. The van der Waals surface area contributed by atoms with Gasteiger partial charge in [-0.25, -0.2) is 0 Å². The first-order valence-electron chi connectivity index (χ1n) is 25.3. The zero-order valence-electron chi connectivity index (χ0n) is 41.9. The van der Waals surface area contributed by atoms with Crippen molar-refractivity contribution in [3.8, 4) is 0 Å². The van der Waals surface area contributed by atoms with Gasteiger partial charge in [0, 0.05) is 0 Å². The lowest BCUT2D eigenvalue weighted by Gasteiger charge is -2.50. The Labute approximate surface area is 455 Å². The second-order valence-electron chi connectivity index (χ2n) is 20.2. The van der Waals surface area contributed by atoms with E-state index in [0.29, 0.717) is 0 Å². The fourth-order valence-electron chi connectivity index (χ4n) is 10.6. The molecule has 38 nitrogen and oxygen atoms in total. The van der Waals surface area contributed by atoms with Crippen LogP contribution in [0.15, 0.2) is 0 Å². The SMILES string of the molecule is O=P([O-])(O)OC[C@H]1O[C@@H]2O[C@H]3[C@H](O)[C@@H](O)[C@@H](O[C@H]4[C@H](O)[C@@H](O)[C@@H](O[C@H]5[C@H](O)[C@@H](O)[C@@H](O[C@H]6[C@H](O)[C@@H](O)[C@@H](O[C@H]7[C@H](O)[C@@H](O)[C@@H](O[C@H]8[C@H](O)[C@@H](O)[C@@H](O[C@H]1[C@H](O)[C@H]2O)O[C@@H]8CO)O[C@@H]7CO)O[C@@H]6CO)O[C@@H]5CO)O[C@@H]4CO)O[C@@H]3CO. The standard InChI is InChI=1S/C42H71O38P/c43-1-8-29-16(50)23(57)37(68-8)76-31-10(3-45)70-39(25(59)18(31)52)78-33-12(5-47)72-41(27(61)20(33)54)80-35-14(7-66-81(63,64)65)73-42(28(62)21(35)55)79-34-13(6-48)71-40(26(60)19(34)53)77-32-11(4-46)69-38(24(58)17(32)51)75-30-9(2-44)67-36(74-29)22(56)15(30)49/h8-62H,1-7H2,(H2,63,64,65)/p-1/t8-,9-,10-,11-,12-,13-,14-,15-,16-,17-,18-,19-,20-,21-,22-,23-,24-,25-,26-,27-,28-,29-,30-,31-,32-,33-,34-,35-,36-,37-,38-,39-,40-,41-,42-/m1/s1. The number of phosphoric acid groups is 1. The van der Waals surface area contributed by atoms with E-state index in [2.05, 4.69) is 4.52 Å². The van der Waals surface area contributed by atoms with Gasteiger partial charge < -0.3 is 183 Å². The quantitative estimate of drug-likeness (QED) is 0.0953. The third kappa shape index (κ3) is 13.6. The Bertz CT molecular complexity index is 2000.